The van der Waals surface area contributed by atoms with Crippen LogP contribution >= 0.6 is 0 Å². The summed E-state index contributed by atoms with van der Waals surface area (Å²) in [6, 6.07) is 0. The fourth-order valence-corrected chi connectivity index (χ4v) is 2.00. The molecule has 0 unspecified atom stereocenters. The first kappa shape index (κ1) is 12.5. The molecule has 0 aromatic rings. The van der Waals surface area contributed by atoms with E-state index >= 15 is 0 Å². The molecular weight excluding hydrogens is 190 g/mol. The molecule has 0 N–H and O–H groups in total. The molecule has 0 saturated carbocycles. The Hall–Kier alpha value is -0.570. The molecule has 1 aliphatic rings. The standard InChI is InChI=1S/C12H23NO2/c1-15-11-7-2-4-8-12(14)13-9-5-3-6-10-13/h2-11H2,1H3. The summed E-state index contributed by atoms with van der Waals surface area (Å²) in [5.74, 6) is 0.354. The molecule has 0 aromatic carbocycles. The van der Waals surface area contributed by atoms with Gasteiger partial charge in [0.2, 0.25) is 5.91 Å². The number of amides is 1. The molecule has 88 valence electrons. The maximum absolute atomic E-state index is 11.7. The molecule has 0 bridgehead atoms. The number of carbonyl (C=O) groups is 1. The first-order valence-corrected chi connectivity index (χ1v) is 6.11. The first-order chi connectivity index (χ1) is 7.34. The Morgan fingerprint density at radius 2 is 1.87 bits per heavy atom. The molecule has 3 heteroatoms. The highest BCUT2D eigenvalue weighted by Crippen LogP contribution is 2.11. The quantitative estimate of drug-likeness (QED) is 0.633. The van der Waals surface area contributed by atoms with Crippen LogP contribution in [0, 0.1) is 0 Å². The van der Waals surface area contributed by atoms with Crippen LogP contribution in [0.15, 0.2) is 0 Å². The second kappa shape index (κ2) is 7.69. The zero-order valence-electron chi connectivity index (χ0n) is 9.83. The van der Waals surface area contributed by atoms with Crippen LogP contribution in [-0.2, 0) is 9.53 Å². The minimum Gasteiger partial charge on any atom is -0.385 e. The molecule has 15 heavy (non-hydrogen) atoms. The van der Waals surface area contributed by atoms with E-state index in [0.29, 0.717) is 5.91 Å². The number of ether oxygens (including phenoxy) is 1. The molecule has 0 radical (unpaired) electrons. The van der Waals surface area contributed by atoms with Crippen LogP contribution in [0.1, 0.15) is 44.9 Å². The van der Waals surface area contributed by atoms with Gasteiger partial charge in [-0.1, -0.05) is 6.42 Å². The van der Waals surface area contributed by atoms with Crippen molar-refractivity contribution < 1.29 is 9.53 Å². The summed E-state index contributed by atoms with van der Waals surface area (Å²) in [4.78, 5) is 13.8. The molecule has 0 aromatic heterocycles. The van der Waals surface area contributed by atoms with E-state index in [2.05, 4.69) is 0 Å². The van der Waals surface area contributed by atoms with Gasteiger partial charge in [-0.05, 0) is 32.1 Å². The first-order valence-electron chi connectivity index (χ1n) is 6.11. The monoisotopic (exact) mass is 213 g/mol. The van der Waals surface area contributed by atoms with E-state index in [-0.39, 0.29) is 0 Å². The summed E-state index contributed by atoms with van der Waals surface area (Å²) < 4.78 is 4.97. The lowest BCUT2D eigenvalue weighted by atomic mass is 10.1. The van der Waals surface area contributed by atoms with E-state index in [1.54, 1.807) is 7.11 Å². The summed E-state index contributed by atoms with van der Waals surface area (Å²) in [6.07, 6.45) is 7.59. The van der Waals surface area contributed by atoms with Gasteiger partial charge < -0.3 is 9.64 Å². The van der Waals surface area contributed by atoms with Crippen molar-refractivity contribution in [3.8, 4) is 0 Å². The molecule has 1 saturated heterocycles. The molecular formula is C12H23NO2. The Morgan fingerprint density at radius 3 is 2.53 bits per heavy atom. The van der Waals surface area contributed by atoms with E-state index in [9.17, 15) is 4.79 Å². The van der Waals surface area contributed by atoms with Crippen molar-refractivity contribution >= 4 is 5.91 Å². The van der Waals surface area contributed by atoms with E-state index in [0.717, 1.165) is 45.4 Å². The summed E-state index contributed by atoms with van der Waals surface area (Å²) in [5.41, 5.74) is 0. The van der Waals surface area contributed by atoms with E-state index in [4.69, 9.17) is 4.74 Å². The van der Waals surface area contributed by atoms with Gasteiger partial charge in [0.1, 0.15) is 0 Å². The maximum Gasteiger partial charge on any atom is 0.222 e. The van der Waals surface area contributed by atoms with Crippen LogP contribution in [0.25, 0.3) is 0 Å². The number of hydrogen-bond donors (Lipinski definition) is 0. The summed E-state index contributed by atoms with van der Waals surface area (Å²) in [6.45, 7) is 2.78. The van der Waals surface area contributed by atoms with E-state index < -0.39 is 0 Å². The van der Waals surface area contributed by atoms with Crippen molar-refractivity contribution in [1.29, 1.82) is 0 Å². The van der Waals surface area contributed by atoms with Crippen LogP contribution in [0.4, 0.5) is 0 Å². The third-order valence-corrected chi connectivity index (χ3v) is 2.95. The molecule has 0 atom stereocenters. The number of rotatable bonds is 6. The predicted octanol–water partition coefficient (Wildman–Crippen LogP) is 2.21. The smallest absolute Gasteiger partial charge is 0.222 e. The number of carbonyl (C=O) groups excluding carboxylic acids is 1. The Labute approximate surface area is 92.8 Å². The number of nitrogens with zero attached hydrogens (tertiary/aromatic N) is 1. The molecule has 1 aliphatic heterocycles. The lowest BCUT2D eigenvalue weighted by molar-refractivity contribution is -0.132. The second-order valence-electron chi connectivity index (χ2n) is 4.24. The largest absolute Gasteiger partial charge is 0.385 e. The normalized spacial score (nSPS) is 16.7. The zero-order chi connectivity index (χ0) is 10.9. The number of hydrogen-bond acceptors (Lipinski definition) is 2. The number of likely N-dealkylation sites (tertiary alicyclic amines) is 1. The van der Waals surface area contributed by atoms with E-state index in [1.165, 1.54) is 19.3 Å². The Morgan fingerprint density at radius 1 is 1.13 bits per heavy atom. The lowest BCUT2D eigenvalue weighted by Gasteiger charge is -2.26. The summed E-state index contributed by atoms with van der Waals surface area (Å²) in [5, 5.41) is 0. The minimum atomic E-state index is 0.354. The zero-order valence-corrected chi connectivity index (χ0v) is 9.83. The Bertz CT molecular complexity index is 176. The van der Waals surface area contributed by atoms with Crippen molar-refractivity contribution in [2.75, 3.05) is 26.8 Å². The maximum atomic E-state index is 11.7. The van der Waals surface area contributed by atoms with Crippen LogP contribution in [-0.4, -0.2) is 37.6 Å². The van der Waals surface area contributed by atoms with Crippen LogP contribution in [0.5, 0.6) is 0 Å². The fourth-order valence-electron chi connectivity index (χ4n) is 2.00. The van der Waals surface area contributed by atoms with E-state index in [1.807, 2.05) is 4.90 Å². The van der Waals surface area contributed by atoms with Gasteiger partial charge in [0.15, 0.2) is 0 Å². The van der Waals surface area contributed by atoms with Gasteiger partial charge in [0.25, 0.3) is 0 Å². The summed E-state index contributed by atoms with van der Waals surface area (Å²) >= 11 is 0. The fraction of sp³-hybridized carbons (Fsp3) is 0.917. The van der Waals surface area contributed by atoms with Crippen LogP contribution in [0.2, 0.25) is 0 Å². The third-order valence-electron chi connectivity index (χ3n) is 2.95. The van der Waals surface area contributed by atoms with Gasteiger partial charge in [-0.2, -0.15) is 0 Å². The Kier molecular flexibility index (Phi) is 6.41. The van der Waals surface area contributed by atoms with Crippen molar-refractivity contribution in [1.82, 2.24) is 4.90 Å². The summed E-state index contributed by atoms with van der Waals surface area (Å²) in [7, 11) is 1.72. The van der Waals surface area contributed by atoms with Crippen molar-refractivity contribution in [3.05, 3.63) is 0 Å². The van der Waals surface area contributed by atoms with Crippen LogP contribution < -0.4 is 0 Å². The van der Waals surface area contributed by atoms with Crippen molar-refractivity contribution in [2.24, 2.45) is 0 Å². The second-order valence-corrected chi connectivity index (χ2v) is 4.24. The average molecular weight is 213 g/mol. The number of unbranched alkanes of at least 4 members (excludes halogenated alkanes) is 2. The molecule has 0 spiro atoms. The highest BCUT2D eigenvalue weighted by Gasteiger charge is 2.15. The molecule has 1 heterocycles. The van der Waals surface area contributed by atoms with Gasteiger partial charge in [-0.25, -0.2) is 0 Å². The van der Waals surface area contributed by atoms with Crippen LogP contribution in [0.3, 0.4) is 0 Å². The SMILES string of the molecule is COCCCCCC(=O)N1CCCCC1. The minimum absolute atomic E-state index is 0.354. The topological polar surface area (TPSA) is 29.5 Å². The molecule has 1 rings (SSSR count). The highest BCUT2D eigenvalue weighted by molar-refractivity contribution is 5.76. The van der Waals surface area contributed by atoms with Gasteiger partial charge in [-0.3, -0.25) is 4.79 Å². The van der Waals surface area contributed by atoms with Crippen molar-refractivity contribution in [3.63, 3.8) is 0 Å². The predicted molar refractivity (Wildman–Crippen MR) is 60.8 cm³/mol. The average Bonchev–Trinajstić information content (AvgIpc) is 2.30. The Balaban J connectivity index is 2.02. The van der Waals surface area contributed by atoms with Gasteiger partial charge >= 0.3 is 0 Å². The molecule has 0 aliphatic carbocycles. The lowest BCUT2D eigenvalue weighted by Crippen LogP contribution is -2.35. The number of piperidine rings is 1. The molecule has 3 nitrogen and oxygen atoms in total. The van der Waals surface area contributed by atoms with Gasteiger partial charge in [0, 0.05) is 33.2 Å². The third kappa shape index (κ3) is 5.17. The molecule has 1 fully saturated rings. The number of methoxy groups -OCH3 is 1. The molecule has 1 amide bonds. The van der Waals surface area contributed by atoms with Gasteiger partial charge in [-0.15, -0.1) is 0 Å². The van der Waals surface area contributed by atoms with Crippen molar-refractivity contribution in [2.45, 2.75) is 44.9 Å². The highest BCUT2D eigenvalue weighted by atomic mass is 16.5. The van der Waals surface area contributed by atoms with Gasteiger partial charge in [0.05, 0.1) is 0 Å².